The molecule has 16 heteroatoms. The zero-order chi connectivity index (χ0) is 31.1. The maximum absolute atomic E-state index is 15.1. The summed E-state index contributed by atoms with van der Waals surface area (Å²) in [5.41, 5.74) is -4.50. The van der Waals surface area contributed by atoms with Crippen molar-refractivity contribution in [2.45, 2.75) is 36.3 Å². The quantitative estimate of drug-likeness (QED) is 0.0976. The minimum absolute atomic E-state index is 0.134. The van der Waals surface area contributed by atoms with Crippen LogP contribution in [0.4, 0.5) is 10.1 Å². The van der Waals surface area contributed by atoms with E-state index in [1.54, 1.807) is 0 Å². The third-order valence-electron chi connectivity index (χ3n) is 7.29. The SMILES string of the molecule is CNC(=O)C(O)(N1Cc2c(NC(O)(O)c3ccc(CN4CCOCC4)cc3F)cccc2C1=O)C(O)(O)C(O)(O)C=O. The summed E-state index contributed by atoms with van der Waals surface area (Å²) in [4.78, 5) is 39.3. The van der Waals surface area contributed by atoms with E-state index in [1.807, 2.05) is 10.2 Å². The number of nitrogens with zero attached hydrogens (tertiary/aromatic N) is 2. The number of hydrogen-bond donors (Lipinski definition) is 9. The molecule has 2 heterocycles. The standard InChI is InChI=1S/C26H31FN4O11/c1-28-22(34)24(37,26(40,41)23(35,36)14-32)31-13-17-16(21(31)33)3-2-4-20(17)29-25(38,39)18-6-5-15(11-19(18)27)12-30-7-9-42-10-8-30/h2-6,11,14,29,35-41H,7-10,12-13H2,1H3,(H,28,34). The van der Waals surface area contributed by atoms with Crippen LogP contribution in [-0.4, -0.2) is 114 Å². The zero-order valence-corrected chi connectivity index (χ0v) is 22.3. The van der Waals surface area contributed by atoms with Gasteiger partial charge in [0.2, 0.25) is 0 Å². The molecule has 0 saturated carbocycles. The fourth-order valence-corrected chi connectivity index (χ4v) is 4.91. The minimum atomic E-state index is -4.36. The van der Waals surface area contributed by atoms with Gasteiger partial charge in [-0.2, -0.15) is 0 Å². The van der Waals surface area contributed by atoms with Gasteiger partial charge in [-0.15, -0.1) is 0 Å². The topological polar surface area (TPSA) is 233 Å². The number of hydrogen-bond acceptors (Lipinski definition) is 13. The van der Waals surface area contributed by atoms with Crippen LogP contribution in [0.25, 0.3) is 0 Å². The van der Waals surface area contributed by atoms with Crippen LogP contribution in [0.15, 0.2) is 36.4 Å². The van der Waals surface area contributed by atoms with Crippen LogP contribution in [0.1, 0.15) is 27.0 Å². The molecule has 2 aliphatic heterocycles. The molecule has 2 aromatic carbocycles. The molecular formula is C26H31FN4O11. The summed E-state index contributed by atoms with van der Waals surface area (Å²) in [6, 6.07) is 7.51. The summed E-state index contributed by atoms with van der Waals surface area (Å²) >= 11 is 0. The van der Waals surface area contributed by atoms with Crippen molar-refractivity contribution in [3.8, 4) is 0 Å². The number of aliphatic hydroxyl groups is 7. The monoisotopic (exact) mass is 594 g/mol. The molecule has 42 heavy (non-hydrogen) atoms. The number of likely N-dealkylation sites (N-methyl/N-ethyl adjacent to an activating group) is 1. The summed E-state index contributed by atoms with van der Waals surface area (Å²) in [5.74, 6) is -15.5. The van der Waals surface area contributed by atoms with E-state index in [9.17, 15) is 50.1 Å². The van der Waals surface area contributed by atoms with E-state index in [1.165, 1.54) is 24.3 Å². The summed E-state index contributed by atoms with van der Waals surface area (Å²) in [6.07, 6.45) is -0.770. The van der Waals surface area contributed by atoms with E-state index in [2.05, 4.69) is 5.32 Å². The van der Waals surface area contributed by atoms with Gasteiger partial charge in [-0.25, -0.2) is 4.39 Å². The van der Waals surface area contributed by atoms with Crippen molar-refractivity contribution >= 4 is 23.8 Å². The number of carbonyl (C=O) groups is 3. The second-order valence-corrected chi connectivity index (χ2v) is 9.99. The molecule has 1 atom stereocenters. The molecule has 15 nitrogen and oxygen atoms in total. The molecule has 1 fully saturated rings. The van der Waals surface area contributed by atoms with Gasteiger partial charge in [0.25, 0.3) is 35.0 Å². The number of ether oxygens (including phenoxy) is 1. The molecule has 2 aliphatic rings. The van der Waals surface area contributed by atoms with Crippen LogP contribution in [-0.2, 0) is 33.3 Å². The lowest BCUT2D eigenvalue weighted by molar-refractivity contribution is -0.398. The highest BCUT2D eigenvalue weighted by Crippen LogP contribution is 2.40. The highest BCUT2D eigenvalue weighted by atomic mass is 19.1. The van der Waals surface area contributed by atoms with Crippen molar-refractivity contribution in [3.05, 3.63) is 64.5 Å². The third-order valence-corrected chi connectivity index (χ3v) is 7.29. The molecule has 2 amide bonds. The average Bonchev–Trinajstić information content (AvgIpc) is 3.29. The van der Waals surface area contributed by atoms with Gasteiger partial charge in [0, 0.05) is 43.5 Å². The van der Waals surface area contributed by atoms with Crippen LogP contribution < -0.4 is 10.6 Å². The summed E-state index contributed by atoms with van der Waals surface area (Å²) in [5, 5.41) is 77.6. The Hall–Kier alpha value is -3.58. The summed E-state index contributed by atoms with van der Waals surface area (Å²) in [7, 11) is 0.925. The van der Waals surface area contributed by atoms with Crippen molar-refractivity contribution in [3.63, 3.8) is 0 Å². The van der Waals surface area contributed by atoms with Gasteiger partial charge >= 0.3 is 0 Å². The number of morpholine rings is 1. The molecule has 0 aromatic heterocycles. The maximum Gasteiger partial charge on any atom is 0.285 e. The van der Waals surface area contributed by atoms with Crippen molar-refractivity contribution in [2.75, 3.05) is 38.7 Å². The molecule has 4 rings (SSSR count). The molecular weight excluding hydrogens is 563 g/mol. The number of halogens is 1. The number of rotatable bonds is 10. The first-order valence-electron chi connectivity index (χ1n) is 12.7. The number of fused-ring (bicyclic) bond motifs is 1. The van der Waals surface area contributed by atoms with Crippen LogP contribution in [0.5, 0.6) is 0 Å². The predicted octanol–water partition coefficient (Wildman–Crippen LogP) is -3.18. The van der Waals surface area contributed by atoms with Crippen molar-refractivity contribution in [1.82, 2.24) is 15.1 Å². The Balaban J connectivity index is 1.65. The lowest BCUT2D eigenvalue weighted by atomic mass is 9.91. The number of carbonyl (C=O) groups excluding carboxylic acids is 3. The zero-order valence-electron chi connectivity index (χ0n) is 22.3. The Morgan fingerprint density at radius 1 is 1.07 bits per heavy atom. The Morgan fingerprint density at radius 3 is 2.33 bits per heavy atom. The molecule has 0 bridgehead atoms. The first kappa shape index (κ1) is 31.4. The van der Waals surface area contributed by atoms with Crippen LogP contribution >= 0.6 is 0 Å². The fraction of sp³-hybridized carbons (Fsp3) is 0.423. The van der Waals surface area contributed by atoms with E-state index in [0.717, 1.165) is 19.2 Å². The first-order chi connectivity index (χ1) is 19.6. The largest absolute Gasteiger partial charge is 0.379 e. The Bertz CT molecular complexity index is 1380. The van der Waals surface area contributed by atoms with Crippen molar-refractivity contribution in [1.29, 1.82) is 0 Å². The van der Waals surface area contributed by atoms with Crippen LogP contribution in [0.2, 0.25) is 0 Å². The molecule has 0 spiro atoms. The van der Waals surface area contributed by atoms with Gasteiger partial charge in [-0.05, 0) is 29.8 Å². The van der Waals surface area contributed by atoms with Gasteiger partial charge in [-0.3, -0.25) is 24.2 Å². The second kappa shape index (κ2) is 11.3. The Morgan fingerprint density at radius 2 is 1.74 bits per heavy atom. The maximum atomic E-state index is 15.1. The Labute approximate surface area is 238 Å². The van der Waals surface area contributed by atoms with Gasteiger partial charge in [-0.1, -0.05) is 12.1 Å². The van der Waals surface area contributed by atoms with Crippen molar-refractivity contribution in [2.24, 2.45) is 0 Å². The highest BCUT2D eigenvalue weighted by molar-refractivity contribution is 6.03. The van der Waals surface area contributed by atoms with Gasteiger partial charge in [0.1, 0.15) is 5.82 Å². The highest BCUT2D eigenvalue weighted by Gasteiger charge is 2.70. The van der Waals surface area contributed by atoms with E-state index >= 15 is 4.39 Å². The number of nitrogens with one attached hydrogen (secondary N) is 2. The summed E-state index contributed by atoms with van der Waals surface area (Å²) in [6.45, 7) is 1.94. The smallest absolute Gasteiger partial charge is 0.285 e. The van der Waals surface area contributed by atoms with Gasteiger partial charge in [0.05, 0.1) is 25.3 Å². The van der Waals surface area contributed by atoms with Crippen LogP contribution in [0, 0.1) is 5.82 Å². The number of aldehydes is 1. The number of amides is 2. The average molecular weight is 595 g/mol. The van der Waals surface area contributed by atoms with Gasteiger partial charge in [0.15, 0.2) is 6.29 Å². The van der Waals surface area contributed by atoms with Crippen LogP contribution in [0.3, 0.4) is 0 Å². The van der Waals surface area contributed by atoms with E-state index in [-0.39, 0.29) is 21.7 Å². The summed E-state index contributed by atoms with van der Waals surface area (Å²) < 4.78 is 20.4. The van der Waals surface area contributed by atoms with Gasteiger partial charge < -0.3 is 51.1 Å². The lowest BCUT2D eigenvalue weighted by Crippen LogP contribution is -2.78. The third kappa shape index (κ3) is 5.24. The Kier molecular flexibility index (Phi) is 8.40. The number of benzene rings is 2. The number of anilines is 1. The van der Waals surface area contributed by atoms with E-state index in [4.69, 9.17) is 4.74 Å². The molecule has 0 aliphatic carbocycles. The second-order valence-electron chi connectivity index (χ2n) is 9.99. The molecule has 1 saturated heterocycles. The molecule has 9 N–H and O–H groups in total. The van der Waals surface area contributed by atoms with Crippen molar-refractivity contribution < 1.29 is 59.3 Å². The van der Waals surface area contributed by atoms with E-state index in [0.29, 0.717) is 38.4 Å². The molecule has 1 unspecified atom stereocenters. The lowest BCUT2D eigenvalue weighted by Gasteiger charge is -2.46. The predicted molar refractivity (Wildman–Crippen MR) is 138 cm³/mol. The fourth-order valence-electron chi connectivity index (χ4n) is 4.91. The van der Waals surface area contributed by atoms with E-state index < -0.39 is 59.2 Å². The molecule has 2 aromatic rings. The molecule has 228 valence electrons. The minimum Gasteiger partial charge on any atom is -0.379 e. The normalized spacial score (nSPS) is 17.9. The molecule has 0 radical (unpaired) electrons. The first-order valence-corrected chi connectivity index (χ1v) is 12.7.